The molecule has 1 fully saturated rings. The Kier molecular flexibility index (Phi) is 3.85. The summed E-state index contributed by atoms with van der Waals surface area (Å²) in [6.07, 6.45) is 4.37. The standard InChI is InChI=1S/C14H19ClN2/c1-16-11-14(7-9-17(2)10-8-14)12-3-5-13(15)6-4-12/h3-6,11H,7-10H2,1-2H3. The Hall–Kier alpha value is -0.860. The van der Waals surface area contributed by atoms with E-state index in [0.717, 1.165) is 31.0 Å². The fourth-order valence-corrected chi connectivity index (χ4v) is 2.66. The van der Waals surface area contributed by atoms with Crippen molar-refractivity contribution in [3.8, 4) is 0 Å². The Morgan fingerprint density at radius 2 is 1.82 bits per heavy atom. The van der Waals surface area contributed by atoms with Crippen LogP contribution in [0.3, 0.4) is 0 Å². The van der Waals surface area contributed by atoms with E-state index >= 15 is 0 Å². The fraction of sp³-hybridized carbons (Fsp3) is 0.500. The van der Waals surface area contributed by atoms with Crippen molar-refractivity contribution in [3.05, 3.63) is 34.9 Å². The second-order valence-electron chi connectivity index (χ2n) is 4.85. The predicted molar refractivity (Wildman–Crippen MR) is 74.3 cm³/mol. The quantitative estimate of drug-likeness (QED) is 0.737. The number of benzene rings is 1. The normalized spacial score (nSPS) is 20.9. The molecule has 3 heteroatoms. The molecule has 0 unspecified atom stereocenters. The van der Waals surface area contributed by atoms with Gasteiger partial charge in [-0.2, -0.15) is 0 Å². The largest absolute Gasteiger partial charge is 0.306 e. The Balaban J connectivity index is 2.31. The van der Waals surface area contributed by atoms with E-state index < -0.39 is 0 Å². The highest BCUT2D eigenvalue weighted by Crippen LogP contribution is 2.34. The second-order valence-corrected chi connectivity index (χ2v) is 5.29. The van der Waals surface area contributed by atoms with Gasteiger partial charge in [-0.25, -0.2) is 0 Å². The van der Waals surface area contributed by atoms with Crippen LogP contribution < -0.4 is 0 Å². The zero-order chi connectivity index (χ0) is 12.3. The number of aliphatic imine (C=N–C) groups is 1. The molecule has 1 saturated heterocycles. The molecule has 0 N–H and O–H groups in total. The second kappa shape index (κ2) is 5.19. The highest BCUT2D eigenvalue weighted by molar-refractivity contribution is 6.30. The number of hydrogen-bond donors (Lipinski definition) is 0. The van der Waals surface area contributed by atoms with Crippen molar-refractivity contribution in [1.29, 1.82) is 0 Å². The van der Waals surface area contributed by atoms with E-state index in [0.29, 0.717) is 0 Å². The molecule has 0 aromatic heterocycles. The molecule has 92 valence electrons. The molecular formula is C14H19ClN2. The Morgan fingerprint density at radius 3 is 2.35 bits per heavy atom. The lowest BCUT2D eigenvalue weighted by Crippen LogP contribution is -2.41. The highest BCUT2D eigenvalue weighted by atomic mass is 35.5. The zero-order valence-corrected chi connectivity index (χ0v) is 11.2. The number of rotatable bonds is 2. The van der Waals surface area contributed by atoms with E-state index in [1.54, 1.807) is 0 Å². The van der Waals surface area contributed by atoms with Gasteiger partial charge in [0.15, 0.2) is 0 Å². The van der Waals surface area contributed by atoms with E-state index in [1.807, 2.05) is 19.2 Å². The summed E-state index contributed by atoms with van der Waals surface area (Å²) in [6, 6.07) is 8.21. The Labute approximate surface area is 108 Å². The molecule has 1 aliphatic rings. The molecule has 0 bridgehead atoms. The lowest BCUT2D eigenvalue weighted by atomic mass is 9.74. The van der Waals surface area contributed by atoms with Crippen LogP contribution in [0.25, 0.3) is 0 Å². The molecule has 1 aliphatic heterocycles. The van der Waals surface area contributed by atoms with Gasteiger partial charge >= 0.3 is 0 Å². The van der Waals surface area contributed by atoms with Gasteiger partial charge in [0, 0.05) is 23.7 Å². The molecule has 1 aromatic carbocycles. The molecule has 1 aromatic rings. The van der Waals surface area contributed by atoms with E-state index in [9.17, 15) is 0 Å². The number of piperidine rings is 1. The lowest BCUT2D eigenvalue weighted by molar-refractivity contribution is 0.231. The summed E-state index contributed by atoms with van der Waals surface area (Å²) >= 11 is 5.95. The lowest BCUT2D eigenvalue weighted by Gasteiger charge is -2.38. The van der Waals surface area contributed by atoms with Gasteiger partial charge in [0.1, 0.15) is 0 Å². The number of halogens is 1. The molecule has 0 atom stereocenters. The van der Waals surface area contributed by atoms with Gasteiger partial charge in [0.2, 0.25) is 0 Å². The third-order valence-electron chi connectivity index (χ3n) is 3.67. The van der Waals surface area contributed by atoms with Crippen molar-refractivity contribution in [2.75, 3.05) is 27.2 Å². The van der Waals surface area contributed by atoms with E-state index in [2.05, 4.69) is 35.3 Å². The van der Waals surface area contributed by atoms with Gasteiger partial charge < -0.3 is 4.90 Å². The first kappa shape index (κ1) is 12.6. The Bertz CT molecular complexity index is 389. The summed E-state index contributed by atoms with van der Waals surface area (Å²) in [7, 11) is 4.03. The summed E-state index contributed by atoms with van der Waals surface area (Å²) in [5, 5.41) is 0.797. The third-order valence-corrected chi connectivity index (χ3v) is 3.93. The maximum Gasteiger partial charge on any atom is 0.0406 e. The monoisotopic (exact) mass is 250 g/mol. The maximum atomic E-state index is 5.95. The van der Waals surface area contributed by atoms with E-state index in [1.165, 1.54) is 5.56 Å². The van der Waals surface area contributed by atoms with Gasteiger partial charge in [-0.15, -0.1) is 0 Å². The van der Waals surface area contributed by atoms with Crippen LogP contribution in [0.1, 0.15) is 18.4 Å². The van der Waals surface area contributed by atoms with Gasteiger partial charge in [0.05, 0.1) is 0 Å². The minimum atomic E-state index is 0.103. The van der Waals surface area contributed by atoms with Crippen LogP contribution in [-0.4, -0.2) is 38.3 Å². The maximum absolute atomic E-state index is 5.95. The van der Waals surface area contributed by atoms with Gasteiger partial charge in [-0.1, -0.05) is 23.7 Å². The molecule has 1 heterocycles. The van der Waals surface area contributed by atoms with E-state index in [-0.39, 0.29) is 5.41 Å². The topological polar surface area (TPSA) is 15.6 Å². The molecule has 0 radical (unpaired) electrons. The minimum absolute atomic E-state index is 0.103. The van der Waals surface area contributed by atoms with Gasteiger partial charge in [0.25, 0.3) is 0 Å². The van der Waals surface area contributed by atoms with E-state index in [4.69, 9.17) is 11.6 Å². The van der Waals surface area contributed by atoms with Crippen LogP contribution in [0.15, 0.2) is 29.3 Å². The van der Waals surface area contributed by atoms with Gasteiger partial charge in [-0.05, 0) is 50.7 Å². The first-order valence-corrected chi connectivity index (χ1v) is 6.42. The van der Waals surface area contributed by atoms with Crippen molar-refractivity contribution in [2.24, 2.45) is 4.99 Å². The third kappa shape index (κ3) is 2.70. The Morgan fingerprint density at radius 1 is 1.24 bits per heavy atom. The smallest absolute Gasteiger partial charge is 0.0406 e. The summed E-state index contributed by atoms with van der Waals surface area (Å²) in [5.74, 6) is 0. The first-order chi connectivity index (χ1) is 8.16. The van der Waals surface area contributed by atoms with Crippen LogP contribution >= 0.6 is 11.6 Å². The van der Waals surface area contributed by atoms with Gasteiger partial charge in [-0.3, -0.25) is 4.99 Å². The van der Waals surface area contributed by atoms with Crippen LogP contribution in [-0.2, 0) is 5.41 Å². The van der Waals surface area contributed by atoms with Crippen LogP contribution in [0.2, 0.25) is 5.02 Å². The molecule has 2 rings (SSSR count). The fourth-order valence-electron chi connectivity index (χ4n) is 2.54. The summed E-state index contributed by atoms with van der Waals surface area (Å²) in [6.45, 7) is 2.24. The molecule has 0 aliphatic carbocycles. The average Bonchev–Trinajstić information content (AvgIpc) is 2.34. The van der Waals surface area contributed by atoms with Crippen molar-refractivity contribution in [3.63, 3.8) is 0 Å². The average molecular weight is 251 g/mol. The molecular weight excluding hydrogens is 232 g/mol. The molecule has 2 nitrogen and oxygen atoms in total. The summed E-state index contributed by atoms with van der Waals surface area (Å²) in [5.41, 5.74) is 1.44. The minimum Gasteiger partial charge on any atom is -0.306 e. The molecule has 0 saturated carbocycles. The number of nitrogens with zero attached hydrogens (tertiary/aromatic N) is 2. The first-order valence-electron chi connectivity index (χ1n) is 6.04. The molecule has 0 amide bonds. The highest BCUT2D eigenvalue weighted by Gasteiger charge is 2.33. The number of likely N-dealkylation sites (tertiary alicyclic amines) is 1. The van der Waals surface area contributed by atoms with Crippen molar-refractivity contribution < 1.29 is 0 Å². The summed E-state index contributed by atoms with van der Waals surface area (Å²) in [4.78, 5) is 6.65. The van der Waals surface area contributed by atoms with Crippen LogP contribution in [0.4, 0.5) is 0 Å². The SMILES string of the molecule is CN=CC1(c2ccc(Cl)cc2)CCN(C)CC1. The van der Waals surface area contributed by atoms with Crippen LogP contribution in [0, 0.1) is 0 Å². The van der Waals surface area contributed by atoms with Crippen molar-refractivity contribution >= 4 is 17.8 Å². The predicted octanol–water partition coefficient (Wildman–Crippen LogP) is 3.00. The van der Waals surface area contributed by atoms with Crippen molar-refractivity contribution in [1.82, 2.24) is 4.90 Å². The van der Waals surface area contributed by atoms with Crippen LogP contribution in [0.5, 0.6) is 0 Å². The van der Waals surface area contributed by atoms with Crippen molar-refractivity contribution in [2.45, 2.75) is 18.3 Å². The molecule has 17 heavy (non-hydrogen) atoms. The number of hydrogen-bond acceptors (Lipinski definition) is 2. The molecule has 0 spiro atoms. The summed E-state index contributed by atoms with van der Waals surface area (Å²) < 4.78 is 0. The zero-order valence-electron chi connectivity index (χ0n) is 10.5.